The Hall–Kier alpha value is -3.37. The predicted octanol–water partition coefficient (Wildman–Crippen LogP) is 5.36. The third-order valence-electron chi connectivity index (χ3n) is 9.96. The van der Waals surface area contributed by atoms with Crippen LogP contribution in [0.4, 0.5) is 5.69 Å². The molecule has 2 N–H and O–H groups in total. The summed E-state index contributed by atoms with van der Waals surface area (Å²) < 4.78 is 28.6. The highest BCUT2D eigenvalue weighted by atomic mass is 32.2. The van der Waals surface area contributed by atoms with Gasteiger partial charge in [-0.2, -0.15) is 0 Å². The summed E-state index contributed by atoms with van der Waals surface area (Å²) in [5.41, 5.74) is 2.88. The Kier molecular flexibility index (Phi) is 7.24. The number of sulfonamides is 1. The molecule has 5 fully saturated rings. The fourth-order valence-electron chi connectivity index (χ4n) is 8.54. The zero-order chi connectivity index (χ0) is 29.8. The summed E-state index contributed by atoms with van der Waals surface area (Å²) in [4.78, 5) is 30.8. The van der Waals surface area contributed by atoms with Crippen LogP contribution >= 0.6 is 11.3 Å². The largest absolute Gasteiger partial charge is 0.508 e. The Balaban J connectivity index is 0.929. The number of carbonyl (C=O) groups excluding carboxylic acids is 2. The van der Waals surface area contributed by atoms with Crippen molar-refractivity contribution in [3.63, 3.8) is 0 Å². The van der Waals surface area contributed by atoms with Crippen molar-refractivity contribution in [3.05, 3.63) is 70.4 Å². The summed E-state index contributed by atoms with van der Waals surface area (Å²) in [5.74, 6) is 1.64. The molecule has 43 heavy (non-hydrogen) atoms. The Bertz CT molecular complexity index is 1610. The maximum atomic E-state index is 13.2. The minimum absolute atomic E-state index is 0.00201. The van der Waals surface area contributed by atoms with Crippen molar-refractivity contribution in [2.45, 2.75) is 38.5 Å². The van der Waals surface area contributed by atoms with Gasteiger partial charge >= 0.3 is 0 Å². The maximum absolute atomic E-state index is 13.2. The number of piperazine rings is 1. The van der Waals surface area contributed by atoms with E-state index in [2.05, 4.69) is 9.62 Å². The van der Waals surface area contributed by atoms with E-state index in [9.17, 15) is 23.1 Å². The molecule has 0 radical (unpaired) electrons. The van der Waals surface area contributed by atoms with E-state index >= 15 is 0 Å². The van der Waals surface area contributed by atoms with E-state index in [0.717, 1.165) is 36.1 Å². The zero-order valence-electron chi connectivity index (χ0n) is 24.1. The first-order valence-electron chi connectivity index (χ1n) is 15.2. The van der Waals surface area contributed by atoms with Crippen LogP contribution in [0.25, 0.3) is 11.1 Å². The minimum atomic E-state index is -3.73. The van der Waals surface area contributed by atoms with Crippen LogP contribution in [0.15, 0.2) is 60.0 Å². The number of nitrogens with one attached hydrogen (secondary N) is 1. The topological polar surface area (TPSA) is 107 Å². The number of phenolic OH excluding ortho intramolecular Hbond substituents is 1. The number of amides is 2. The van der Waals surface area contributed by atoms with Gasteiger partial charge < -0.3 is 14.9 Å². The molecule has 1 aromatic heterocycles. The molecule has 226 valence electrons. The van der Waals surface area contributed by atoms with Crippen molar-refractivity contribution in [1.29, 1.82) is 0 Å². The summed E-state index contributed by atoms with van der Waals surface area (Å²) in [7, 11) is -3.73. The SMILES string of the molecule is O=C(NS(=O)(=O)CC12CC3CC(CC(C3)C1)C2)c1ccc(N2CCN(C(=O)c3cc(-c4cccc(O)c4)cs3)CC2)cc1. The molecule has 0 unspecified atom stereocenters. The Morgan fingerprint density at radius 3 is 2.16 bits per heavy atom. The summed E-state index contributed by atoms with van der Waals surface area (Å²) in [6, 6.07) is 15.9. The number of nitrogens with zero attached hydrogens (tertiary/aromatic N) is 2. The van der Waals surface area contributed by atoms with Gasteiger partial charge in [-0.15, -0.1) is 11.3 Å². The van der Waals surface area contributed by atoms with Gasteiger partial charge in [0.05, 0.1) is 10.6 Å². The van der Waals surface area contributed by atoms with Gasteiger partial charge in [0.25, 0.3) is 11.8 Å². The lowest BCUT2D eigenvalue weighted by Gasteiger charge is -2.56. The number of benzene rings is 2. The molecule has 5 aliphatic rings. The molecule has 2 heterocycles. The smallest absolute Gasteiger partial charge is 0.264 e. The fourth-order valence-corrected chi connectivity index (χ4v) is 11.1. The first-order valence-corrected chi connectivity index (χ1v) is 17.7. The number of hydrogen-bond donors (Lipinski definition) is 2. The average molecular weight is 620 g/mol. The van der Waals surface area contributed by atoms with Crippen LogP contribution in [-0.2, 0) is 10.0 Å². The lowest BCUT2D eigenvalue weighted by atomic mass is 9.50. The van der Waals surface area contributed by atoms with Crippen LogP contribution in [-0.4, -0.2) is 62.2 Å². The van der Waals surface area contributed by atoms with Crippen molar-refractivity contribution < 1.29 is 23.1 Å². The van der Waals surface area contributed by atoms with Gasteiger partial charge in [0.1, 0.15) is 5.75 Å². The molecule has 4 saturated carbocycles. The highest BCUT2D eigenvalue weighted by Gasteiger charge is 2.52. The number of hydrogen-bond acceptors (Lipinski definition) is 7. The third-order valence-corrected chi connectivity index (χ3v) is 12.4. The van der Waals surface area contributed by atoms with E-state index in [1.807, 2.05) is 34.5 Å². The normalized spacial score (nSPS) is 26.5. The van der Waals surface area contributed by atoms with Gasteiger partial charge in [-0.3, -0.25) is 9.59 Å². The minimum Gasteiger partial charge on any atom is -0.508 e. The van der Waals surface area contributed by atoms with E-state index in [-0.39, 0.29) is 22.8 Å². The lowest BCUT2D eigenvalue weighted by Crippen LogP contribution is -2.51. The molecule has 0 spiro atoms. The van der Waals surface area contributed by atoms with Crippen LogP contribution in [0.2, 0.25) is 0 Å². The Morgan fingerprint density at radius 2 is 1.53 bits per heavy atom. The molecule has 2 amide bonds. The monoisotopic (exact) mass is 619 g/mol. The average Bonchev–Trinajstić information content (AvgIpc) is 3.46. The maximum Gasteiger partial charge on any atom is 0.264 e. The molecular weight excluding hydrogens is 583 g/mol. The summed E-state index contributed by atoms with van der Waals surface area (Å²) >= 11 is 1.41. The highest BCUT2D eigenvalue weighted by molar-refractivity contribution is 7.90. The van der Waals surface area contributed by atoms with Crippen LogP contribution < -0.4 is 9.62 Å². The van der Waals surface area contributed by atoms with E-state index in [0.29, 0.717) is 54.4 Å². The number of anilines is 1. The number of aromatic hydroxyl groups is 1. The van der Waals surface area contributed by atoms with E-state index in [1.165, 1.54) is 30.6 Å². The lowest BCUT2D eigenvalue weighted by molar-refractivity contribution is -0.0391. The molecule has 1 aliphatic heterocycles. The summed E-state index contributed by atoms with van der Waals surface area (Å²) in [6.07, 6.45) is 6.69. The van der Waals surface area contributed by atoms with Gasteiger partial charge in [-0.1, -0.05) is 12.1 Å². The number of rotatable bonds is 7. The first-order chi connectivity index (χ1) is 20.6. The Labute approximate surface area is 256 Å². The van der Waals surface area contributed by atoms with Crippen molar-refractivity contribution in [2.75, 3.05) is 36.8 Å². The number of thiophene rings is 1. The molecule has 4 bridgehead atoms. The molecule has 2 aromatic carbocycles. The van der Waals surface area contributed by atoms with Crippen LogP contribution in [0.3, 0.4) is 0 Å². The standard InChI is InChI=1S/C33H37N3O5S2/c37-29-3-1-2-26(15-29)27-16-30(42-20-27)32(39)36-10-8-35(9-11-36)28-6-4-25(5-7-28)31(38)34-43(40,41)21-33-17-22-12-23(18-33)14-24(13-22)19-33/h1-7,15-16,20,22-24,37H,8-14,17-19,21H2,(H,34,38). The van der Waals surface area contributed by atoms with Crippen molar-refractivity contribution in [3.8, 4) is 16.9 Å². The fraction of sp³-hybridized carbons (Fsp3) is 0.455. The van der Waals surface area contributed by atoms with Gasteiger partial charge in [-0.25, -0.2) is 13.1 Å². The molecule has 8 rings (SSSR count). The van der Waals surface area contributed by atoms with E-state index in [4.69, 9.17) is 0 Å². The van der Waals surface area contributed by atoms with Gasteiger partial charge in [0.2, 0.25) is 10.0 Å². The first kappa shape index (κ1) is 28.4. The quantitative estimate of drug-likeness (QED) is 0.369. The third kappa shape index (κ3) is 5.91. The summed E-state index contributed by atoms with van der Waals surface area (Å²) in [6.45, 7) is 2.45. The van der Waals surface area contributed by atoms with Gasteiger partial charge in [0.15, 0.2) is 0 Å². The predicted molar refractivity (Wildman–Crippen MR) is 168 cm³/mol. The molecule has 8 nitrogen and oxygen atoms in total. The second-order valence-electron chi connectivity index (χ2n) is 13.2. The summed E-state index contributed by atoms with van der Waals surface area (Å²) in [5, 5.41) is 11.7. The van der Waals surface area contributed by atoms with E-state index in [1.54, 1.807) is 30.3 Å². The molecule has 4 aliphatic carbocycles. The number of carbonyl (C=O) groups is 2. The Morgan fingerprint density at radius 1 is 0.884 bits per heavy atom. The van der Waals surface area contributed by atoms with Gasteiger partial charge in [0, 0.05) is 37.4 Å². The van der Waals surface area contributed by atoms with Crippen LogP contribution in [0.1, 0.15) is 58.6 Å². The van der Waals surface area contributed by atoms with Crippen LogP contribution in [0, 0.1) is 23.2 Å². The zero-order valence-corrected chi connectivity index (χ0v) is 25.7. The number of phenols is 1. The molecule has 0 atom stereocenters. The van der Waals surface area contributed by atoms with E-state index < -0.39 is 15.9 Å². The highest BCUT2D eigenvalue weighted by Crippen LogP contribution is 2.60. The molecule has 10 heteroatoms. The van der Waals surface area contributed by atoms with Crippen molar-refractivity contribution >= 4 is 38.9 Å². The van der Waals surface area contributed by atoms with Gasteiger partial charge in [-0.05, 0) is 121 Å². The van der Waals surface area contributed by atoms with Crippen molar-refractivity contribution in [1.82, 2.24) is 9.62 Å². The van der Waals surface area contributed by atoms with Crippen molar-refractivity contribution in [2.24, 2.45) is 23.2 Å². The van der Waals surface area contributed by atoms with Crippen LogP contribution in [0.5, 0.6) is 5.75 Å². The second-order valence-corrected chi connectivity index (χ2v) is 15.8. The molecule has 1 saturated heterocycles. The molecular formula is C33H37N3O5S2. The molecule has 3 aromatic rings. The second kappa shape index (κ2) is 11.0.